The molecule has 0 spiro atoms. The third kappa shape index (κ3) is 2.78. The van der Waals surface area contributed by atoms with Crippen LogP contribution in [0.3, 0.4) is 0 Å². The normalized spacial score (nSPS) is 11.2. The average Bonchev–Trinajstić information content (AvgIpc) is 2.28. The van der Waals surface area contributed by atoms with Gasteiger partial charge in [-0.2, -0.15) is 5.26 Å². The summed E-state index contributed by atoms with van der Waals surface area (Å²) in [5.41, 5.74) is 0.0672. The fourth-order valence-electron chi connectivity index (χ4n) is 0.974. The average molecular weight is 220 g/mol. The van der Waals surface area contributed by atoms with Crippen LogP contribution in [0.5, 0.6) is 0 Å². The molecule has 0 bridgehead atoms. The van der Waals surface area contributed by atoms with E-state index >= 15 is 0 Å². The van der Waals surface area contributed by atoms with Crippen molar-refractivity contribution in [3.8, 4) is 6.07 Å². The summed E-state index contributed by atoms with van der Waals surface area (Å²) in [6.07, 6.45) is -0.845. The Morgan fingerprint density at radius 2 is 2.06 bits per heavy atom. The van der Waals surface area contributed by atoms with Crippen LogP contribution in [-0.2, 0) is 4.74 Å². The number of carbonyl (C=O) groups is 1. The zero-order chi connectivity index (χ0) is 12.1. The lowest BCUT2D eigenvalue weighted by molar-refractivity contribution is -0.384. The minimum atomic E-state index is -0.845. The molecular weight excluding hydrogens is 212 g/mol. The summed E-state index contributed by atoms with van der Waals surface area (Å²) in [6.45, 7) is 1.43. The van der Waals surface area contributed by atoms with E-state index in [0.29, 0.717) is 0 Å². The molecule has 82 valence electrons. The maximum absolute atomic E-state index is 11.4. The zero-order valence-electron chi connectivity index (χ0n) is 8.41. The van der Waals surface area contributed by atoms with Crippen molar-refractivity contribution >= 4 is 11.7 Å². The van der Waals surface area contributed by atoms with Crippen LogP contribution < -0.4 is 0 Å². The van der Waals surface area contributed by atoms with E-state index in [9.17, 15) is 14.9 Å². The second kappa shape index (κ2) is 4.89. The maximum Gasteiger partial charge on any atom is 0.339 e. The van der Waals surface area contributed by atoms with Gasteiger partial charge in [0.05, 0.1) is 10.5 Å². The Balaban J connectivity index is 2.79. The van der Waals surface area contributed by atoms with Crippen molar-refractivity contribution in [2.24, 2.45) is 0 Å². The molecule has 1 unspecified atom stereocenters. The maximum atomic E-state index is 11.4. The van der Waals surface area contributed by atoms with E-state index < -0.39 is 17.0 Å². The van der Waals surface area contributed by atoms with Gasteiger partial charge in [0.25, 0.3) is 5.69 Å². The highest BCUT2D eigenvalue weighted by Gasteiger charge is 2.12. The van der Waals surface area contributed by atoms with Crippen LogP contribution in [0.4, 0.5) is 5.69 Å². The van der Waals surface area contributed by atoms with Gasteiger partial charge in [-0.1, -0.05) is 0 Å². The predicted octanol–water partition coefficient (Wildman–Crippen LogP) is 1.66. The van der Waals surface area contributed by atoms with Crippen molar-refractivity contribution in [2.75, 3.05) is 0 Å². The molecule has 16 heavy (non-hydrogen) atoms. The van der Waals surface area contributed by atoms with Crippen molar-refractivity contribution in [1.82, 2.24) is 0 Å². The summed E-state index contributed by atoms with van der Waals surface area (Å²) in [7, 11) is 0. The van der Waals surface area contributed by atoms with Crippen molar-refractivity contribution in [3.63, 3.8) is 0 Å². The fraction of sp³-hybridized carbons (Fsp3) is 0.200. The van der Waals surface area contributed by atoms with E-state index in [-0.39, 0.29) is 11.3 Å². The first-order chi connectivity index (χ1) is 7.54. The molecule has 0 amide bonds. The lowest BCUT2D eigenvalue weighted by Crippen LogP contribution is -2.12. The van der Waals surface area contributed by atoms with E-state index in [2.05, 4.69) is 0 Å². The number of ether oxygens (including phenoxy) is 1. The first-order valence-corrected chi connectivity index (χ1v) is 4.39. The van der Waals surface area contributed by atoms with Gasteiger partial charge in [0, 0.05) is 12.1 Å². The number of hydrogen-bond acceptors (Lipinski definition) is 5. The van der Waals surface area contributed by atoms with Crippen molar-refractivity contribution in [2.45, 2.75) is 13.0 Å². The van der Waals surface area contributed by atoms with Gasteiger partial charge in [-0.05, 0) is 19.1 Å². The van der Waals surface area contributed by atoms with Gasteiger partial charge in [-0.15, -0.1) is 0 Å². The highest BCUT2D eigenvalue weighted by molar-refractivity contribution is 5.89. The van der Waals surface area contributed by atoms with E-state index in [0.717, 1.165) is 0 Å². The first kappa shape index (κ1) is 11.7. The lowest BCUT2D eigenvalue weighted by atomic mass is 10.2. The number of nitro benzene ring substituents is 1. The number of carbonyl (C=O) groups excluding carboxylic acids is 1. The Bertz CT molecular complexity index is 447. The zero-order valence-corrected chi connectivity index (χ0v) is 8.41. The molecule has 6 nitrogen and oxygen atoms in total. The summed E-state index contributed by atoms with van der Waals surface area (Å²) in [4.78, 5) is 21.1. The Morgan fingerprint density at radius 1 is 1.50 bits per heavy atom. The first-order valence-electron chi connectivity index (χ1n) is 4.39. The van der Waals surface area contributed by atoms with Crippen LogP contribution in [-0.4, -0.2) is 17.0 Å². The molecule has 0 radical (unpaired) electrons. The summed E-state index contributed by atoms with van der Waals surface area (Å²) < 4.78 is 4.72. The molecule has 1 rings (SSSR count). The lowest BCUT2D eigenvalue weighted by Gasteiger charge is -2.05. The Labute approximate surface area is 91.2 Å². The smallest absolute Gasteiger partial charge is 0.339 e. The minimum absolute atomic E-state index is 0.107. The molecule has 0 aromatic heterocycles. The Morgan fingerprint density at radius 3 is 2.50 bits per heavy atom. The molecule has 0 N–H and O–H groups in total. The van der Waals surface area contributed by atoms with Crippen LogP contribution >= 0.6 is 0 Å². The van der Waals surface area contributed by atoms with Crippen LogP contribution in [0, 0.1) is 21.4 Å². The molecule has 0 fully saturated rings. The molecule has 1 aromatic carbocycles. The molecule has 0 saturated heterocycles. The molecule has 1 atom stereocenters. The third-order valence-corrected chi connectivity index (χ3v) is 1.78. The predicted molar refractivity (Wildman–Crippen MR) is 53.6 cm³/mol. The number of benzene rings is 1. The van der Waals surface area contributed by atoms with Crippen molar-refractivity contribution < 1.29 is 14.5 Å². The summed E-state index contributed by atoms with van der Waals surface area (Å²) in [5, 5.41) is 18.8. The highest BCUT2D eigenvalue weighted by Crippen LogP contribution is 2.13. The topological polar surface area (TPSA) is 93.2 Å². The monoisotopic (exact) mass is 220 g/mol. The Kier molecular flexibility index (Phi) is 3.56. The molecule has 1 aromatic rings. The van der Waals surface area contributed by atoms with E-state index in [4.69, 9.17) is 10.00 Å². The van der Waals surface area contributed by atoms with Crippen LogP contribution in [0.2, 0.25) is 0 Å². The quantitative estimate of drug-likeness (QED) is 0.438. The molecule has 0 aliphatic heterocycles. The standard InChI is InChI=1S/C10H8N2O4/c1-7(6-11)16-10(13)8-2-4-9(5-3-8)12(14)15/h2-5,7H,1H3. The molecule has 6 heteroatoms. The van der Waals surface area contributed by atoms with Gasteiger partial charge in [-0.25, -0.2) is 4.79 Å². The van der Waals surface area contributed by atoms with Gasteiger partial charge in [-0.3, -0.25) is 10.1 Å². The van der Waals surface area contributed by atoms with E-state index in [1.807, 2.05) is 0 Å². The summed E-state index contributed by atoms with van der Waals surface area (Å²) in [6, 6.07) is 6.71. The largest absolute Gasteiger partial charge is 0.444 e. The molecule has 0 heterocycles. The summed E-state index contributed by atoms with van der Waals surface area (Å²) in [5.74, 6) is -0.677. The minimum Gasteiger partial charge on any atom is -0.444 e. The van der Waals surface area contributed by atoms with Gasteiger partial charge >= 0.3 is 5.97 Å². The Hall–Kier alpha value is -2.42. The van der Waals surface area contributed by atoms with Crippen LogP contribution in [0.15, 0.2) is 24.3 Å². The van der Waals surface area contributed by atoms with Gasteiger partial charge in [0.2, 0.25) is 0 Å². The molecule has 0 aliphatic carbocycles. The molecule has 0 aliphatic rings. The highest BCUT2D eigenvalue weighted by atomic mass is 16.6. The number of rotatable bonds is 3. The van der Waals surface area contributed by atoms with Crippen LogP contribution in [0.1, 0.15) is 17.3 Å². The summed E-state index contributed by atoms with van der Waals surface area (Å²) >= 11 is 0. The second-order valence-corrected chi connectivity index (χ2v) is 2.98. The fourth-order valence-corrected chi connectivity index (χ4v) is 0.974. The number of esters is 1. The van der Waals surface area contributed by atoms with Gasteiger partial charge in [0.1, 0.15) is 6.07 Å². The van der Waals surface area contributed by atoms with Crippen molar-refractivity contribution in [1.29, 1.82) is 5.26 Å². The second-order valence-electron chi connectivity index (χ2n) is 2.98. The van der Waals surface area contributed by atoms with E-state index in [1.54, 1.807) is 6.07 Å². The number of nitriles is 1. The van der Waals surface area contributed by atoms with Crippen molar-refractivity contribution in [3.05, 3.63) is 39.9 Å². The SMILES string of the molecule is CC(C#N)OC(=O)c1ccc([N+](=O)[O-])cc1. The molecule has 0 saturated carbocycles. The van der Waals surface area contributed by atoms with Crippen LogP contribution in [0.25, 0.3) is 0 Å². The third-order valence-electron chi connectivity index (χ3n) is 1.78. The van der Waals surface area contributed by atoms with Gasteiger partial charge in [0.15, 0.2) is 6.10 Å². The van der Waals surface area contributed by atoms with Gasteiger partial charge < -0.3 is 4.74 Å². The number of non-ortho nitro benzene ring substituents is 1. The number of hydrogen-bond donors (Lipinski definition) is 0. The number of nitro groups is 1. The number of nitrogens with zero attached hydrogens (tertiary/aromatic N) is 2. The van der Waals surface area contributed by atoms with E-state index in [1.165, 1.54) is 31.2 Å². The molecular formula is C10H8N2O4.